The molecular formula is C32H32FN9O8S2. The van der Waals surface area contributed by atoms with Gasteiger partial charge < -0.3 is 19.1 Å². The fraction of sp³-hybridized carbons (Fsp3) is 0.312. The molecule has 0 bridgehead atoms. The van der Waals surface area contributed by atoms with Gasteiger partial charge in [-0.3, -0.25) is 14.6 Å². The lowest BCUT2D eigenvalue weighted by molar-refractivity contribution is -0.121. The van der Waals surface area contributed by atoms with E-state index < -0.39 is 38.3 Å². The molecule has 2 N–H and O–H groups in total. The average Bonchev–Trinajstić information content (AvgIpc) is 3.60. The maximum atomic E-state index is 14.5. The van der Waals surface area contributed by atoms with Crippen LogP contribution in [0.15, 0.2) is 46.3 Å². The van der Waals surface area contributed by atoms with Crippen LogP contribution in [0.4, 0.5) is 26.5 Å². The van der Waals surface area contributed by atoms with E-state index >= 15 is 0 Å². The predicted molar refractivity (Wildman–Crippen MR) is 185 cm³/mol. The van der Waals surface area contributed by atoms with Crippen molar-refractivity contribution in [2.45, 2.75) is 38.6 Å². The summed E-state index contributed by atoms with van der Waals surface area (Å²) in [5.74, 6) is 1.59. The quantitative estimate of drug-likeness (QED) is 0.261. The van der Waals surface area contributed by atoms with Crippen LogP contribution in [0.2, 0.25) is 0 Å². The Bertz CT molecular complexity index is 2300. The highest BCUT2D eigenvalue weighted by atomic mass is 32.2. The zero-order valence-electron chi connectivity index (χ0n) is 28.4. The van der Waals surface area contributed by atoms with Crippen LogP contribution < -0.4 is 28.8 Å². The summed E-state index contributed by atoms with van der Waals surface area (Å²) in [6, 6.07) is 6.53. The molecule has 4 aromatic rings. The zero-order valence-corrected chi connectivity index (χ0v) is 30.1. The van der Waals surface area contributed by atoms with Crippen molar-refractivity contribution in [3.05, 3.63) is 64.2 Å². The normalized spacial score (nSPS) is 14.6. The minimum absolute atomic E-state index is 0.0498. The molecule has 0 radical (unpaired) electrons. The Morgan fingerprint density at radius 1 is 1.25 bits per heavy atom. The SMILES string of the molecule is C#CCN1C(=O)COc2cc(F)c(/N=c3\snc4n3CC(C)(C)C4)cc21.COc1nc(C)nc(N(C)C(=O)NS(=O)(=O)c2ccccc2C(=O)O)n1. The van der Waals surface area contributed by atoms with Crippen molar-refractivity contribution in [1.82, 2.24) is 28.6 Å². The van der Waals surface area contributed by atoms with Gasteiger partial charge in [0.1, 0.15) is 28.0 Å². The van der Waals surface area contributed by atoms with Crippen molar-refractivity contribution in [2.75, 3.05) is 37.1 Å². The number of amides is 3. The molecule has 6 rings (SSSR count). The molecule has 0 aliphatic carbocycles. The summed E-state index contributed by atoms with van der Waals surface area (Å²) in [6.07, 6.45) is 6.22. The topological polar surface area (TPSA) is 211 Å². The number of carboxylic acids is 1. The van der Waals surface area contributed by atoms with Gasteiger partial charge in [0.05, 0.1) is 24.9 Å². The van der Waals surface area contributed by atoms with Crippen LogP contribution in [0.3, 0.4) is 0 Å². The monoisotopic (exact) mass is 753 g/mol. The number of nitrogens with zero attached hydrogens (tertiary/aromatic N) is 8. The van der Waals surface area contributed by atoms with Crippen molar-refractivity contribution in [3.8, 4) is 24.1 Å². The highest BCUT2D eigenvalue weighted by Gasteiger charge is 2.32. The van der Waals surface area contributed by atoms with E-state index in [-0.39, 0.29) is 47.9 Å². The summed E-state index contributed by atoms with van der Waals surface area (Å²) in [5, 5.41) is 9.11. The van der Waals surface area contributed by atoms with E-state index in [2.05, 4.69) is 44.1 Å². The van der Waals surface area contributed by atoms with Crippen LogP contribution in [0.5, 0.6) is 11.8 Å². The number of ether oxygens (including phenoxy) is 2. The largest absolute Gasteiger partial charge is 0.481 e. The Kier molecular flexibility index (Phi) is 10.6. The molecule has 2 aliphatic heterocycles. The molecule has 52 heavy (non-hydrogen) atoms. The molecule has 0 saturated carbocycles. The second kappa shape index (κ2) is 14.7. The van der Waals surface area contributed by atoms with Crippen molar-refractivity contribution in [1.29, 1.82) is 0 Å². The molecule has 0 saturated heterocycles. The number of aromatic nitrogens is 5. The lowest BCUT2D eigenvalue weighted by atomic mass is 9.92. The summed E-state index contributed by atoms with van der Waals surface area (Å²) in [5.41, 5.74) is 0.213. The van der Waals surface area contributed by atoms with E-state index in [9.17, 15) is 27.2 Å². The first-order valence-electron chi connectivity index (χ1n) is 15.2. The average molecular weight is 754 g/mol. The number of hydrogen-bond acceptors (Lipinski definition) is 13. The number of hydrogen-bond donors (Lipinski definition) is 2. The van der Waals surface area contributed by atoms with Crippen LogP contribution >= 0.6 is 11.5 Å². The Hall–Kier alpha value is -5.94. The molecule has 4 heterocycles. The van der Waals surface area contributed by atoms with E-state index in [0.717, 1.165) is 35.8 Å². The van der Waals surface area contributed by atoms with Gasteiger partial charge >= 0.3 is 18.0 Å². The molecule has 0 fully saturated rings. The molecule has 0 unspecified atom stereocenters. The highest BCUT2D eigenvalue weighted by Crippen LogP contribution is 2.37. The number of methoxy groups -OCH3 is 1. The van der Waals surface area contributed by atoms with Crippen LogP contribution in [0, 0.1) is 30.5 Å². The molecule has 0 spiro atoms. The summed E-state index contributed by atoms with van der Waals surface area (Å²) in [4.78, 5) is 53.9. The van der Waals surface area contributed by atoms with Crippen LogP contribution in [-0.2, 0) is 27.8 Å². The summed E-state index contributed by atoms with van der Waals surface area (Å²) >= 11 is 1.24. The first-order valence-corrected chi connectivity index (χ1v) is 17.5. The lowest BCUT2D eigenvalue weighted by Gasteiger charge is -2.28. The lowest BCUT2D eigenvalue weighted by Crippen LogP contribution is -2.42. The number of fused-ring (bicyclic) bond motifs is 2. The third-order valence-electron chi connectivity index (χ3n) is 7.57. The molecular weight excluding hydrogens is 722 g/mol. The van der Waals surface area contributed by atoms with Gasteiger partial charge in [0, 0.05) is 37.6 Å². The number of urea groups is 1. The number of carbonyl (C=O) groups excluding carboxylic acids is 2. The molecule has 2 aromatic heterocycles. The molecule has 3 amide bonds. The molecule has 272 valence electrons. The van der Waals surface area contributed by atoms with E-state index in [1.807, 2.05) is 4.57 Å². The van der Waals surface area contributed by atoms with Gasteiger partial charge in [-0.25, -0.2) is 32.1 Å². The van der Waals surface area contributed by atoms with E-state index in [1.165, 1.54) is 54.9 Å². The first kappa shape index (κ1) is 37.3. The Morgan fingerprint density at radius 3 is 2.67 bits per heavy atom. The van der Waals surface area contributed by atoms with Gasteiger partial charge in [0.15, 0.2) is 12.4 Å². The molecule has 2 aliphatic rings. The molecule has 17 nitrogen and oxygen atoms in total. The zero-order chi connectivity index (χ0) is 38.0. The maximum absolute atomic E-state index is 14.5. The molecule has 2 aromatic carbocycles. The van der Waals surface area contributed by atoms with Gasteiger partial charge in [-0.2, -0.15) is 19.3 Å². The van der Waals surface area contributed by atoms with Gasteiger partial charge in [-0.1, -0.05) is 31.9 Å². The number of terminal acetylenes is 1. The third kappa shape index (κ3) is 8.00. The second-order valence-electron chi connectivity index (χ2n) is 12.1. The fourth-order valence-electron chi connectivity index (χ4n) is 5.14. The van der Waals surface area contributed by atoms with Crippen molar-refractivity contribution in [2.24, 2.45) is 10.4 Å². The van der Waals surface area contributed by atoms with Crippen LogP contribution in [0.1, 0.15) is 35.9 Å². The number of aromatic carboxylic acids is 1. The standard InChI is InChI=1S/C18H17FN4O2S.C14H15N5O6S/c1-4-5-22-13-7-12(11(19)6-14(13)25-9-16(22)24)20-17-23-10-18(2,3)8-15(23)21-26-17;1-8-15-12(17-13(16-8)25-3)19(2)14(22)18-26(23,24)10-7-5-4-6-9(10)11(20)21/h1,6-7H,5,8-10H2,2-3H3;4-7H,1-3H3,(H,18,22)(H,20,21)/b20-17-;. The van der Waals surface area contributed by atoms with Crippen LogP contribution in [0.25, 0.3) is 0 Å². The minimum Gasteiger partial charge on any atom is -0.481 e. The van der Waals surface area contributed by atoms with Crippen molar-refractivity contribution < 1.29 is 41.8 Å². The number of benzene rings is 2. The Balaban J connectivity index is 0.000000201. The second-order valence-corrected chi connectivity index (χ2v) is 14.5. The number of carbonyl (C=O) groups is 3. The number of halogens is 1. The van der Waals surface area contributed by atoms with Gasteiger partial charge in [0.2, 0.25) is 10.7 Å². The van der Waals surface area contributed by atoms with E-state index in [4.69, 9.17) is 21.0 Å². The summed E-state index contributed by atoms with van der Waals surface area (Å²) < 4.78 is 57.8. The summed E-state index contributed by atoms with van der Waals surface area (Å²) in [6.45, 7) is 6.60. The van der Waals surface area contributed by atoms with E-state index in [1.54, 1.807) is 11.6 Å². The van der Waals surface area contributed by atoms with Crippen molar-refractivity contribution >= 4 is 56.8 Å². The summed E-state index contributed by atoms with van der Waals surface area (Å²) in [7, 11) is -1.87. The fourth-order valence-corrected chi connectivity index (χ4v) is 7.07. The molecule has 0 atom stereocenters. The number of anilines is 2. The number of aryl methyl sites for hydroxylation is 1. The Morgan fingerprint density at radius 2 is 1.98 bits per heavy atom. The van der Waals surface area contributed by atoms with E-state index in [0.29, 0.717) is 16.2 Å². The number of carboxylic acid groups (broad SMARTS) is 1. The maximum Gasteiger partial charge on any atom is 0.337 e. The number of sulfonamides is 1. The van der Waals surface area contributed by atoms with Crippen molar-refractivity contribution in [3.63, 3.8) is 0 Å². The predicted octanol–water partition coefficient (Wildman–Crippen LogP) is 2.68. The Labute approximate surface area is 301 Å². The van der Waals surface area contributed by atoms with Gasteiger partial charge in [-0.15, -0.1) is 6.42 Å². The molecule has 20 heteroatoms. The number of rotatable bonds is 7. The minimum atomic E-state index is -4.44. The first-order chi connectivity index (χ1) is 24.5. The third-order valence-corrected chi connectivity index (χ3v) is 9.72. The highest BCUT2D eigenvalue weighted by molar-refractivity contribution is 7.90. The smallest absolute Gasteiger partial charge is 0.337 e. The van der Waals surface area contributed by atoms with Crippen LogP contribution in [-0.4, -0.2) is 82.6 Å². The van der Waals surface area contributed by atoms with Gasteiger partial charge in [0.25, 0.3) is 15.9 Å². The number of nitrogens with one attached hydrogen (secondary N) is 1. The van der Waals surface area contributed by atoms with Gasteiger partial charge in [-0.05, 0) is 30.5 Å².